The summed E-state index contributed by atoms with van der Waals surface area (Å²) in [5.74, 6) is -0.608. The quantitative estimate of drug-likeness (QED) is 0.808. The van der Waals surface area contributed by atoms with E-state index in [-0.39, 0.29) is 11.3 Å². The number of likely N-dealkylation sites (N-methyl/N-ethyl adjacent to an activating group) is 1. The van der Waals surface area contributed by atoms with E-state index in [1.807, 2.05) is 24.3 Å². The lowest BCUT2D eigenvalue weighted by atomic mass is 9.87. The zero-order valence-electron chi connectivity index (χ0n) is 16.5. The average Bonchev–Trinajstić information content (AvgIpc) is 2.97. The van der Waals surface area contributed by atoms with Crippen LogP contribution in [0.4, 0.5) is 5.00 Å². The topological polar surface area (TPSA) is 58.6 Å². The zero-order chi connectivity index (χ0) is 19.8. The van der Waals surface area contributed by atoms with Crippen LogP contribution in [0, 0.1) is 0 Å². The first-order valence-corrected chi connectivity index (χ1v) is 9.85. The molecule has 0 fully saturated rings. The minimum absolute atomic E-state index is 0.0336. The average molecular weight is 387 g/mol. The summed E-state index contributed by atoms with van der Waals surface area (Å²) in [4.78, 5) is 28.4. The van der Waals surface area contributed by atoms with Crippen molar-refractivity contribution in [1.29, 1.82) is 0 Å². The van der Waals surface area contributed by atoms with Gasteiger partial charge in [-0.3, -0.25) is 4.79 Å². The highest BCUT2D eigenvalue weighted by Crippen LogP contribution is 2.37. The SMILES string of the molecule is COC(=O)c1c(NC(=O)c2ccc(C(C)(C)C)cc2)sc2c1CCN(C)C2. The fourth-order valence-electron chi connectivity index (χ4n) is 3.23. The predicted molar refractivity (Wildman–Crippen MR) is 109 cm³/mol. The van der Waals surface area contributed by atoms with E-state index in [0.29, 0.717) is 16.1 Å². The van der Waals surface area contributed by atoms with Gasteiger partial charge in [0.05, 0.1) is 12.7 Å². The first-order valence-electron chi connectivity index (χ1n) is 9.04. The number of carbonyl (C=O) groups is 2. The van der Waals surface area contributed by atoms with Crippen LogP contribution in [0.3, 0.4) is 0 Å². The fourth-order valence-corrected chi connectivity index (χ4v) is 4.55. The summed E-state index contributed by atoms with van der Waals surface area (Å²) >= 11 is 1.47. The molecular formula is C21H26N2O3S. The highest BCUT2D eigenvalue weighted by atomic mass is 32.1. The number of fused-ring (bicyclic) bond motifs is 1. The molecule has 1 N–H and O–H groups in total. The van der Waals surface area contributed by atoms with Crippen molar-refractivity contribution in [3.63, 3.8) is 0 Å². The van der Waals surface area contributed by atoms with Crippen molar-refractivity contribution < 1.29 is 14.3 Å². The molecule has 0 atom stereocenters. The van der Waals surface area contributed by atoms with E-state index in [2.05, 4.69) is 38.0 Å². The standard InChI is InChI=1S/C21H26N2O3S/c1-21(2,3)14-8-6-13(7-9-14)18(24)22-19-17(20(25)26-5)15-10-11-23(4)12-16(15)27-19/h6-9H,10-12H2,1-5H3,(H,22,24). The second-order valence-corrected chi connectivity index (χ2v) is 9.07. The summed E-state index contributed by atoms with van der Waals surface area (Å²) in [6.07, 6.45) is 0.781. The van der Waals surface area contributed by atoms with Gasteiger partial charge in [0.25, 0.3) is 5.91 Å². The van der Waals surface area contributed by atoms with Crippen LogP contribution in [-0.4, -0.2) is 37.5 Å². The van der Waals surface area contributed by atoms with E-state index >= 15 is 0 Å². The number of rotatable bonds is 3. The Kier molecular flexibility index (Phi) is 5.40. The Bertz CT molecular complexity index is 863. The summed E-state index contributed by atoms with van der Waals surface area (Å²) in [6, 6.07) is 7.61. The van der Waals surface area contributed by atoms with Gasteiger partial charge < -0.3 is 15.0 Å². The van der Waals surface area contributed by atoms with Gasteiger partial charge in [-0.25, -0.2) is 4.79 Å². The van der Waals surface area contributed by atoms with Crippen molar-refractivity contribution >= 4 is 28.2 Å². The zero-order valence-corrected chi connectivity index (χ0v) is 17.3. The van der Waals surface area contributed by atoms with E-state index in [1.165, 1.54) is 24.0 Å². The number of hydrogen-bond acceptors (Lipinski definition) is 5. The van der Waals surface area contributed by atoms with Gasteiger partial charge in [-0.05, 0) is 42.1 Å². The van der Waals surface area contributed by atoms with Gasteiger partial charge in [-0.1, -0.05) is 32.9 Å². The maximum atomic E-state index is 12.7. The Balaban J connectivity index is 1.88. The lowest BCUT2D eigenvalue weighted by molar-refractivity contribution is 0.0600. The molecule has 1 aliphatic heterocycles. The first kappa shape index (κ1) is 19.6. The molecule has 144 valence electrons. The number of amides is 1. The number of carbonyl (C=O) groups excluding carboxylic acids is 2. The number of anilines is 1. The van der Waals surface area contributed by atoms with Gasteiger partial charge >= 0.3 is 5.97 Å². The Labute approximate surface area is 164 Å². The molecule has 0 spiro atoms. The Morgan fingerprint density at radius 2 is 1.85 bits per heavy atom. The smallest absolute Gasteiger partial charge is 0.341 e. The third-order valence-corrected chi connectivity index (χ3v) is 6.01. The van der Waals surface area contributed by atoms with Gasteiger partial charge in [0.2, 0.25) is 0 Å². The number of benzene rings is 1. The summed E-state index contributed by atoms with van der Waals surface area (Å²) < 4.78 is 4.97. The third kappa shape index (κ3) is 4.06. The second kappa shape index (κ2) is 7.44. The van der Waals surface area contributed by atoms with Crippen LogP contribution in [0.15, 0.2) is 24.3 Å². The predicted octanol–water partition coefficient (Wildman–Crippen LogP) is 4.07. The maximum absolute atomic E-state index is 12.7. The summed E-state index contributed by atoms with van der Waals surface area (Å²) in [5.41, 5.74) is 3.28. The number of thiophene rings is 1. The van der Waals surface area contributed by atoms with Crippen molar-refractivity contribution in [1.82, 2.24) is 4.90 Å². The lowest BCUT2D eigenvalue weighted by Crippen LogP contribution is -2.26. The van der Waals surface area contributed by atoms with Crippen molar-refractivity contribution in [3.05, 3.63) is 51.4 Å². The Morgan fingerprint density at radius 1 is 1.19 bits per heavy atom. The molecule has 1 aliphatic rings. The molecule has 0 saturated carbocycles. The van der Waals surface area contributed by atoms with Crippen molar-refractivity contribution in [2.45, 2.75) is 39.2 Å². The molecular weight excluding hydrogens is 360 g/mol. The molecule has 2 heterocycles. The molecule has 0 saturated heterocycles. The van der Waals surface area contributed by atoms with Crippen LogP contribution >= 0.6 is 11.3 Å². The lowest BCUT2D eigenvalue weighted by Gasteiger charge is -2.22. The van der Waals surface area contributed by atoms with E-state index in [9.17, 15) is 9.59 Å². The molecule has 0 bridgehead atoms. The largest absolute Gasteiger partial charge is 0.465 e. The number of nitrogens with one attached hydrogen (secondary N) is 1. The van der Waals surface area contributed by atoms with Crippen LogP contribution in [0.1, 0.15) is 57.5 Å². The molecule has 0 unspecified atom stereocenters. The van der Waals surface area contributed by atoms with Crippen LogP contribution in [-0.2, 0) is 23.1 Å². The van der Waals surface area contributed by atoms with Crippen LogP contribution < -0.4 is 5.32 Å². The fraction of sp³-hybridized carbons (Fsp3) is 0.429. The van der Waals surface area contributed by atoms with Gasteiger partial charge in [-0.15, -0.1) is 11.3 Å². The van der Waals surface area contributed by atoms with Crippen LogP contribution in [0.5, 0.6) is 0 Å². The van der Waals surface area contributed by atoms with E-state index in [1.54, 1.807) is 0 Å². The highest BCUT2D eigenvalue weighted by Gasteiger charge is 2.28. The Morgan fingerprint density at radius 3 is 2.44 bits per heavy atom. The number of methoxy groups -OCH3 is 1. The Hall–Kier alpha value is -2.18. The normalized spacial score (nSPS) is 14.6. The molecule has 27 heavy (non-hydrogen) atoms. The van der Waals surface area contributed by atoms with Gasteiger partial charge in [-0.2, -0.15) is 0 Å². The molecule has 2 aromatic rings. The second-order valence-electron chi connectivity index (χ2n) is 7.97. The van der Waals surface area contributed by atoms with E-state index in [0.717, 1.165) is 30.0 Å². The maximum Gasteiger partial charge on any atom is 0.341 e. The minimum atomic E-state index is -0.393. The number of ether oxygens (including phenoxy) is 1. The van der Waals surface area contributed by atoms with Crippen LogP contribution in [0.25, 0.3) is 0 Å². The van der Waals surface area contributed by atoms with E-state index < -0.39 is 5.97 Å². The molecule has 1 aromatic carbocycles. The van der Waals surface area contributed by atoms with Crippen molar-refractivity contribution in [2.24, 2.45) is 0 Å². The van der Waals surface area contributed by atoms with Gasteiger partial charge in [0.15, 0.2) is 0 Å². The molecule has 0 radical (unpaired) electrons. The van der Waals surface area contributed by atoms with Crippen LogP contribution in [0.2, 0.25) is 0 Å². The van der Waals surface area contributed by atoms with Crippen molar-refractivity contribution in [3.8, 4) is 0 Å². The number of nitrogens with zero attached hydrogens (tertiary/aromatic N) is 1. The third-order valence-electron chi connectivity index (χ3n) is 4.88. The highest BCUT2D eigenvalue weighted by molar-refractivity contribution is 7.17. The van der Waals surface area contributed by atoms with E-state index in [4.69, 9.17) is 4.74 Å². The number of esters is 1. The monoisotopic (exact) mass is 386 g/mol. The molecule has 5 nitrogen and oxygen atoms in total. The van der Waals surface area contributed by atoms with Gasteiger partial charge in [0.1, 0.15) is 5.00 Å². The molecule has 6 heteroatoms. The molecule has 1 amide bonds. The van der Waals surface area contributed by atoms with Crippen molar-refractivity contribution in [2.75, 3.05) is 26.0 Å². The summed E-state index contributed by atoms with van der Waals surface area (Å²) in [5, 5.41) is 3.51. The molecule has 0 aliphatic carbocycles. The summed E-state index contributed by atoms with van der Waals surface area (Å²) in [7, 11) is 3.42. The first-order chi connectivity index (χ1) is 12.7. The summed E-state index contributed by atoms with van der Waals surface area (Å²) in [6.45, 7) is 8.07. The molecule has 1 aromatic heterocycles. The number of hydrogen-bond donors (Lipinski definition) is 1. The molecule has 3 rings (SSSR count). The minimum Gasteiger partial charge on any atom is -0.465 e. The van der Waals surface area contributed by atoms with Gasteiger partial charge in [0, 0.05) is 23.5 Å².